The summed E-state index contributed by atoms with van der Waals surface area (Å²) in [6, 6.07) is 10.5. The Kier molecular flexibility index (Phi) is 3.91. The maximum absolute atomic E-state index is 13.3. The van der Waals surface area contributed by atoms with E-state index < -0.39 is 4.92 Å². The van der Waals surface area contributed by atoms with Gasteiger partial charge in [0.1, 0.15) is 0 Å². The second-order valence-corrected chi connectivity index (χ2v) is 6.74. The van der Waals surface area contributed by atoms with Crippen LogP contribution in [-0.2, 0) is 6.54 Å². The van der Waals surface area contributed by atoms with E-state index in [-0.39, 0.29) is 17.6 Å². The lowest BCUT2D eigenvalue weighted by molar-refractivity contribution is -0.384. The molecule has 0 atom stereocenters. The van der Waals surface area contributed by atoms with Crippen molar-refractivity contribution < 1.29 is 9.72 Å². The fraction of sp³-hybridized carbons (Fsp3) is 0.263. The molecule has 0 unspecified atom stereocenters. The van der Waals surface area contributed by atoms with Crippen molar-refractivity contribution in [2.24, 2.45) is 0 Å². The van der Waals surface area contributed by atoms with E-state index in [0.29, 0.717) is 12.1 Å². The summed E-state index contributed by atoms with van der Waals surface area (Å²) in [5.41, 5.74) is 3.11. The number of aromatic nitrogens is 2. The van der Waals surface area contributed by atoms with E-state index in [9.17, 15) is 14.9 Å². The van der Waals surface area contributed by atoms with Crippen LogP contribution < -0.4 is 0 Å². The smallest absolute Gasteiger partial charge is 0.269 e. The summed E-state index contributed by atoms with van der Waals surface area (Å²) in [6.45, 7) is 2.31. The van der Waals surface area contributed by atoms with E-state index in [1.165, 1.54) is 12.1 Å². The van der Waals surface area contributed by atoms with Gasteiger partial charge >= 0.3 is 0 Å². The van der Waals surface area contributed by atoms with Crippen molar-refractivity contribution in [3.8, 4) is 0 Å². The number of hydrogen-bond donors (Lipinski definition) is 1. The molecule has 0 bridgehead atoms. The summed E-state index contributed by atoms with van der Waals surface area (Å²) in [4.78, 5) is 25.7. The van der Waals surface area contributed by atoms with Crippen LogP contribution >= 0.6 is 0 Å². The molecule has 3 aromatic rings. The average molecular weight is 350 g/mol. The predicted molar refractivity (Wildman–Crippen MR) is 96.8 cm³/mol. The molecule has 7 nitrogen and oxygen atoms in total. The molecule has 1 fully saturated rings. The van der Waals surface area contributed by atoms with Crippen LogP contribution in [0.3, 0.4) is 0 Å². The second-order valence-electron chi connectivity index (χ2n) is 6.74. The first-order chi connectivity index (χ1) is 12.5. The number of nitro groups is 1. The molecule has 0 spiro atoms. The third-order valence-electron chi connectivity index (χ3n) is 4.65. The Morgan fingerprint density at radius 2 is 2.15 bits per heavy atom. The van der Waals surface area contributed by atoms with Crippen LogP contribution in [0.1, 0.15) is 34.3 Å². The number of H-pyrrole nitrogens is 1. The van der Waals surface area contributed by atoms with Gasteiger partial charge in [-0.1, -0.05) is 12.1 Å². The third-order valence-corrected chi connectivity index (χ3v) is 4.65. The Bertz CT molecular complexity index is 1010. The largest absolute Gasteiger partial charge is 0.331 e. The van der Waals surface area contributed by atoms with Crippen LogP contribution in [-0.4, -0.2) is 32.0 Å². The van der Waals surface area contributed by atoms with E-state index in [1.807, 2.05) is 30.0 Å². The number of nitrogens with one attached hydrogen (secondary N) is 1. The standard InChI is InChI=1S/C19H18N4O3/c1-12-7-14-10-20-21-18(14)17(8-12)19(24)22(15-5-6-15)11-13-3-2-4-16(9-13)23(25)26/h2-4,7-10,15H,5-6,11H2,1H3,(H,20,21). The number of aromatic amines is 1. The first-order valence-corrected chi connectivity index (χ1v) is 8.51. The summed E-state index contributed by atoms with van der Waals surface area (Å²) < 4.78 is 0. The molecule has 7 heteroatoms. The number of nitrogens with zero attached hydrogens (tertiary/aromatic N) is 3. The molecule has 26 heavy (non-hydrogen) atoms. The summed E-state index contributed by atoms with van der Waals surface area (Å²) in [5.74, 6) is -0.0723. The van der Waals surface area contributed by atoms with Gasteiger partial charge in [0.05, 0.1) is 22.2 Å². The number of hydrogen-bond acceptors (Lipinski definition) is 4. The van der Waals surface area contributed by atoms with E-state index >= 15 is 0 Å². The van der Waals surface area contributed by atoms with E-state index in [4.69, 9.17) is 0 Å². The Balaban J connectivity index is 1.68. The van der Waals surface area contributed by atoms with Gasteiger partial charge in [-0.15, -0.1) is 0 Å². The predicted octanol–water partition coefficient (Wildman–Crippen LogP) is 3.58. The van der Waals surface area contributed by atoms with Crippen molar-refractivity contribution in [2.75, 3.05) is 0 Å². The molecule has 0 aliphatic heterocycles. The van der Waals surface area contributed by atoms with Gasteiger partial charge in [-0.25, -0.2) is 0 Å². The van der Waals surface area contributed by atoms with Crippen LogP contribution in [0.5, 0.6) is 0 Å². The molecule has 0 saturated heterocycles. The molecule has 132 valence electrons. The van der Waals surface area contributed by atoms with Crippen LogP contribution in [0.4, 0.5) is 5.69 Å². The minimum Gasteiger partial charge on any atom is -0.331 e. The Hall–Kier alpha value is -3.22. The molecule has 1 aromatic heterocycles. The Morgan fingerprint density at radius 3 is 2.88 bits per heavy atom. The highest BCUT2D eigenvalue weighted by Gasteiger charge is 2.34. The summed E-state index contributed by atoms with van der Waals surface area (Å²) in [6.07, 6.45) is 3.62. The molecule has 0 radical (unpaired) electrons. The molecule has 1 aliphatic rings. The molecule has 1 N–H and O–H groups in total. The van der Waals surface area contributed by atoms with Gasteiger partial charge in [-0.05, 0) is 43.0 Å². The van der Waals surface area contributed by atoms with Crippen LogP contribution in [0.2, 0.25) is 0 Å². The lowest BCUT2D eigenvalue weighted by Crippen LogP contribution is -2.32. The number of carbonyl (C=O) groups excluding carboxylic acids is 1. The zero-order chi connectivity index (χ0) is 18.3. The number of rotatable bonds is 5. The summed E-state index contributed by atoms with van der Waals surface area (Å²) in [5, 5.41) is 18.9. The first-order valence-electron chi connectivity index (χ1n) is 8.51. The van der Waals surface area contributed by atoms with Crippen LogP contribution in [0.25, 0.3) is 10.9 Å². The first kappa shape index (κ1) is 16.3. The SMILES string of the molecule is Cc1cc(C(=O)N(Cc2cccc([N+](=O)[O-])c2)C2CC2)c2[nH]ncc2c1. The lowest BCUT2D eigenvalue weighted by atomic mass is 10.1. The van der Waals surface area contributed by atoms with Gasteiger partial charge < -0.3 is 4.90 Å². The topological polar surface area (TPSA) is 92.1 Å². The van der Waals surface area contributed by atoms with Crippen molar-refractivity contribution >= 4 is 22.5 Å². The Morgan fingerprint density at radius 1 is 1.35 bits per heavy atom. The van der Waals surface area contributed by atoms with Crippen molar-refractivity contribution in [1.82, 2.24) is 15.1 Å². The van der Waals surface area contributed by atoms with Crippen molar-refractivity contribution in [3.63, 3.8) is 0 Å². The number of fused-ring (bicyclic) bond motifs is 1. The fourth-order valence-corrected chi connectivity index (χ4v) is 3.25. The number of amides is 1. The van der Waals surface area contributed by atoms with Gasteiger partial charge in [-0.3, -0.25) is 20.0 Å². The molecule has 2 aromatic carbocycles. The highest BCUT2D eigenvalue weighted by atomic mass is 16.6. The maximum Gasteiger partial charge on any atom is 0.269 e. The monoisotopic (exact) mass is 350 g/mol. The fourth-order valence-electron chi connectivity index (χ4n) is 3.25. The molecular weight excluding hydrogens is 332 g/mol. The minimum atomic E-state index is -0.415. The van der Waals surface area contributed by atoms with Crippen LogP contribution in [0.15, 0.2) is 42.6 Å². The number of aryl methyl sites for hydroxylation is 1. The van der Waals surface area contributed by atoms with Crippen molar-refractivity contribution in [1.29, 1.82) is 0 Å². The van der Waals surface area contributed by atoms with Crippen molar-refractivity contribution in [3.05, 3.63) is 69.4 Å². The number of carbonyl (C=O) groups is 1. The third kappa shape index (κ3) is 3.03. The zero-order valence-electron chi connectivity index (χ0n) is 14.3. The molecule has 1 heterocycles. The van der Waals surface area contributed by atoms with E-state index in [1.54, 1.807) is 12.3 Å². The molecule has 1 saturated carbocycles. The minimum absolute atomic E-state index is 0.0391. The maximum atomic E-state index is 13.3. The van der Waals surface area contributed by atoms with Gasteiger partial charge in [0.2, 0.25) is 0 Å². The highest BCUT2D eigenvalue weighted by molar-refractivity contribution is 6.05. The number of benzene rings is 2. The highest BCUT2D eigenvalue weighted by Crippen LogP contribution is 2.32. The molecule has 1 amide bonds. The zero-order valence-corrected chi connectivity index (χ0v) is 14.3. The number of nitro benzene ring substituents is 1. The normalized spacial score (nSPS) is 13.7. The van der Waals surface area contributed by atoms with E-state index in [2.05, 4.69) is 10.2 Å². The van der Waals surface area contributed by atoms with E-state index in [0.717, 1.165) is 34.9 Å². The van der Waals surface area contributed by atoms with Gasteiger partial charge in [0.25, 0.3) is 11.6 Å². The summed E-state index contributed by atoms with van der Waals surface area (Å²) >= 11 is 0. The second kappa shape index (κ2) is 6.25. The van der Waals surface area contributed by atoms with Gasteiger partial charge in [0, 0.05) is 30.1 Å². The quantitative estimate of drug-likeness (QED) is 0.562. The summed E-state index contributed by atoms with van der Waals surface area (Å²) in [7, 11) is 0. The average Bonchev–Trinajstić information content (AvgIpc) is 3.36. The molecular formula is C19H18N4O3. The van der Waals surface area contributed by atoms with Crippen molar-refractivity contribution in [2.45, 2.75) is 32.4 Å². The van der Waals surface area contributed by atoms with Gasteiger partial charge in [0.15, 0.2) is 0 Å². The Labute approximate surface area is 149 Å². The lowest BCUT2D eigenvalue weighted by Gasteiger charge is -2.23. The van der Waals surface area contributed by atoms with Crippen LogP contribution in [0, 0.1) is 17.0 Å². The molecule has 1 aliphatic carbocycles. The number of non-ortho nitro benzene ring substituents is 1. The molecule has 4 rings (SSSR count). The van der Waals surface area contributed by atoms with Gasteiger partial charge in [-0.2, -0.15) is 5.10 Å².